The Morgan fingerprint density at radius 1 is 1.36 bits per heavy atom. The summed E-state index contributed by atoms with van der Waals surface area (Å²) in [5, 5.41) is 0. The van der Waals surface area contributed by atoms with E-state index in [-0.39, 0.29) is 18.0 Å². The van der Waals surface area contributed by atoms with Crippen LogP contribution < -0.4 is 10.6 Å². The Balaban J connectivity index is 2.31. The van der Waals surface area contributed by atoms with Crippen molar-refractivity contribution >= 4 is 11.6 Å². The van der Waals surface area contributed by atoms with Gasteiger partial charge in [-0.3, -0.25) is 4.79 Å². The average Bonchev–Trinajstić information content (AvgIpc) is 2.43. The topological polar surface area (TPSA) is 46.3 Å². The minimum Gasteiger partial charge on any atom is -0.320 e. The number of carbonyl (C=O) groups is 1. The second kappa shape index (κ2) is 3.42. The van der Waals surface area contributed by atoms with Crippen LogP contribution in [0.15, 0.2) is 30.3 Å². The van der Waals surface area contributed by atoms with Crippen molar-refractivity contribution in [3.63, 3.8) is 0 Å². The zero-order valence-corrected chi connectivity index (χ0v) is 8.18. The third-order valence-electron chi connectivity index (χ3n) is 2.62. The fourth-order valence-corrected chi connectivity index (χ4v) is 1.94. The fourth-order valence-electron chi connectivity index (χ4n) is 1.94. The summed E-state index contributed by atoms with van der Waals surface area (Å²) in [6.45, 7) is 2.03. The summed E-state index contributed by atoms with van der Waals surface area (Å²) >= 11 is 0. The van der Waals surface area contributed by atoms with Gasteiger partial charge in [-0.2, -0.15) is 0 Å². The van der Waals surface area contributed by atoms with Gasteiger partial charge in [0.1, 0.15) is 0 Å². The van der Waals surface area contributed by atoms with Crippen molar-refractivity contribution in [2.75, 3.05) is 4.90 Å². The smallest absolute Gasteiger partial charge is 0.244 e. The van der Waals surface area contributed by atoms with Gasteiger partial charge in [0.15, 0.2) is 0 Å². The zero-order chi connectivity index (χ0) is 10.1. The monoisotopic (exact) mass is 190 g/mol. The second-order valence-electron chi connectivity index (χ2n) is 3.74. The van der Waals surface area contributed by atoms with Crippen molar-refractivity contribution in [1.82, 2.24) is 0 Å². The van der Waals surface area contributed by atoms with Crippen LogP contribution in [0, 0.1) is 0 Å². The highest BCUT2D eigenvalue weighted by atomic mass is 16.2. The summed E-state index contributed by atoms with van der Waals surface area (Å²) < 4.78 is 0. The van der Waals surface area contributed by atoms with Crippen LogP contribution in [0.4, 0.5) is 5.69 Å². The van der Waals surface area contributed by atoms with Crippen molar-refractivity contribution in [1.29, 1.82) is 0 Å². The molecule has 3 nitrogen and oxygen atoms in total. The maximum absolute atomic E-state index is 11.7. The lowest BCUT2D eigenvalue weighted by atomic mass is 10.2. The van der Waals surface area contributed by atoms with Gasteiger partial charge in [-0.05, 0) is 25.5 Å². The van der Waals surface area contributed by atoms with Crippen molar-refractivity contribution in [2.45, 2.75) is 25.4 Å². The molecule has 0 aliphatic carbocycles. The zero-order valence-electron chi connectivity index (χ0n) is 8.18. The summed E-state index contributed by atoms with van der Waals surface area (Å²) in [7, 11) is 0. The summed E-state index contributed by atoms with van der Waals surface area (Å²) in [6.07, 6.45) is 0.744. The van der Waals surface area contributed by atoms with Gasteiger partial charge in [0.05, 0.1) is 6.04 Å². The quantitative estimate of drug-likeness (QED) is 0.721. The van der Waals surface area contributed by atoms with Crippen molar-refractivity contribution in [3.8, 4) is 0 Å². The van der Waals surface area contributed by atoms with E-state index >= 15 is 0 Å². The van der Waals surface area contributed by atoms with Crippen LogP contribution >= 0.6 is 0 Å². The van der Waals surface area contributed by atoms with E-state index in [9.17, 15) is 4.79 Å². The Morgan fingerprint density at radius 3 is 2.50 bits per heavy atom. The molecule has 14 heavy (non-hydrogen) atoms. The summed E-state index contributed by atoms with van der Waals surface area (Å²) in [6, 6.07) is 9.55. The Labute approximate surface area is 83.5 Å². The summed E-state index contributed by atoms with van der Waals surface area (Å²) in [5.74, 6) is 0.0312. The van der Waals surface area contributed by atoms with Crippen LogP contribution in [-0.4, -0.2) is 18.0 Å². The molecule has 0 unspecified atom stereocenters. The maximum Gasteiger partial charge on any atom is 0.244 e. The predicted octanol–water partition coefficient (Wildman–Crippen LogP) is 1.14. The molecule has 3 heteroatoms. The van der Waals surface area contributed by atoms with Crippen LogP contribution in [0.1, 0.15) is 13.3 Å². The van der Waals surface area contributed by atoms with E-state index in [2.05, 4.69) is 0 Å². The van der Waals surface area contributed by atoms with Crippen LogP contribution in [0.25, 0.3) is 0 Å². The molecule has 1 aromatic rings. The molecule has 2 rings (SSSR count). The van der Waals surface area contributed by atoms with E-state index in [1.165, 1.54) is 0 Å². The van der Waals surface area contributed by atoms with E-state index in [4.69, 9.17) is 5.73 Å². The molecular weight excluding hydrogens is 176 g/mol. The molecule has 2 N–H and O–H groups in total. The highest BCUT2D eigenvalue weighted by Gasteiger charge is 2.35. The molecule has 1 saturated heterocycles. The number of hydrogen-bond acceptors (Lipinski definition) is 2. The highest BCUT2D eigenvalue weighted by molar-refractivity contribution is 5.99. The molecule has 1 amide bonds. The average molecular weight is 190 g/mol. The first kappa shape index (κ1) is 9.21. The number of nitrogens with two attached hydrogens (primary N) is 1. The summed E-state index contributed by atoms with van der Waals surface area (Å²) in [4.78, 5) is 13.5. The van der Waals surface area contributed by atoms with Crippen LogP contribution in [-0.2, 0) is 4.79 Å². The normalized spacial score (nSPS) is 27.0. The first-order chi connectivity index (χ1) is 6.70. The largest absolute Gasteiger partial charge is 0.320 e. The van der Waals surface area contributed by atoms with Gasteiger partial charge in [0.2, 0.25) is 5.91 Å². The third-order valence-corrected chi connectivity index (χ3v) is 2.62. The van der Waals surface area contributed by atoms with Crippen LogP contribution in [0.5, 0.6) is 0 Å². The van der Waals surface area contributed by atoms with E-state index in [0.29, 0.717) is 0 Å². The Bertz CT molecular complexity index is 336. The predicted molar refractivity (Wildman–Crippen MR) is 56.0 cm³/mol. The van der Waals surface area contributed by atoms with Crippen molar-refractivity contribution in [2.24, 2.45) is 5.73 Å². The van der Waals surface area contributed by atoms with Gasteiger partial charge in [-0.15, -0.1) is 0 Å². The molecular formula is C11H14N2O. The molecule has 0 bridgehead atoms. The van der Waals surface area contributed by atoms with Crippen molar-refractivity contribution < 1.29 is 4.79 Å². The van der Waals surface area contributed by atoms with Gasteiger partial charge in [0.25, 0.3) is 0 Å². The number of nitrogens with zero attached hydrogens (tertiary/aromatic N) is 1. The molecule has 1 aliphatic heterocycles. The number of anilines is 1. The van der Waals surface area contributed by atoms with Crippen LogP contribution in [0.2, 0.25) is 0 Å². The highest BCUT2D eigenvalue weighted by Crippen LogP contribution is 2.25. The molecule has 74 valence electrons. The number of para-hydroxylation sites is 1. The van der Waals surface area contributed by atoms with Crippen molar-refractivity contribution in [3.05, 3.63) is 30.3 Å². The number of carbonyl (C=O) groups excluding carboxylic acids is 1. The number of benzene rings is 1. The molecule has 0 aromatic heterocycles. The Hall–Kier alpha value is -1.35. The SMILES string of the molecule is C[C@H]1C[C@@H](N)C(=O)N1c1ccccc1. The van der Waals surface area contributed by atoms with E-state index in [0.717, 1.165) is 12.1 Å². The number of rotatable bonds is 1. The molecule has 1 heterocycles. The van der Waals surface area contributed by atoms with E-state index in [1.807, 2.05) is 37.3 Å². The van der Waals surface area contributed by atoms with Gasteiger partial charge in [0, 0.05) is 11.7 Å². The standard InChI is InChI=1S/C11H14N2O/c1-8-7-10(12)11(14)13(8)9-5-3-2-4-6-9/h2-6,8,10H,7,12H2,1H3/t8-,10+/m0/s1. The van der Waals surface area contributed by atoms with Gasteiger partial charge < -0.3 is 10.6 Å². The lowest BCUT2D eigenvalue weighted by Gasteiger charge is -2.21. The Kier molecular flexibility index (Phi) is 2.25. The molecule has 0 radical (unpaired) electrons. The fraction of sp³-hybridized carbons (Fsp3) is 0.364. The number of hydrogen-bond donors (Lipinski definition) is 1. The van der Waals surface area contributed by atoms with Gasteiger partial charge >= 0.3 is 0 Å². The third kappa shape index (κ3) is 1.40. The lowest BCUT2D eigenvalue weighted by Crippen LogP contribution is -2.35. The van der Waals surface area contributed by atoms with E-state index in [1.54, 1.807) is 4.90 Å². The number of amides is 1. The molecule has 0 spiro atoms. The lowest BCUT2D eigenvalue weighted by molar-refractivity contribution is -0.118. The maximum atomic E-state index is 11.7. The van der Waals surface area contributed by atoms with Gasteiger partial charge in [-0.25, -0.2) is 0 Å². The minimum absolute atomic E-state index is 0.0312. The van der Waals surface area contributed by atoms with Gasteiger partial charge in [-0.1, -0.05) is 18.2 Å². The second-order valence-corrected chi connectivity index (χ2v) is 3.74. The first-order valence-electron chi connectivity index (χ1n) is 4.84. The molecule has 1 aliphatic rings. The molecule has 2 atom stereocenters. The molecule has 0 saturated carbocycles. The minimum atomic E-state index is -0.329. The van der Waals surface area contributed by atoms with E-state index < -0.39 is 0 Å². The molecule has 1 fully saturated rings. The summed E-state index contributed by atoms with van der Waals surface area (Å²) in [5.41, 5.74) is 6.65. The molecule has 1 aromatic carbocycles. The Morgan fingerprint density at radius 2 is 2.00 bits per heavy atom. The van der Waals surface area contributed by atoms with Crippen LogP contribution in [0.3, 0.4) is 0 Å². The first-order valence-corrected chi connectivity index (χ1v) is 4.84.